The van der Waals surface area contributed by atoms with E-state index in [1.165, 1.54) is 13.2 Å². The van der Waals surface area contributed by atoms with Crippen LogP contribution < -0.4 is 10.1 Å². The monoisotopic (exact) mass is 245 g/mol. The molecule has 1 aliphatic heterocycles. The molecule has 0 unspecified atom stereocenters. The van der Waals surface area contributed by atoms with Crippen molar-refractivity contribution in [1.82, 2.24) is 0 Å². The highest BCUT2D eigenvalue weighted by Crippen LogP contribution is 2.37. The van der Waals surface area contributed by atoms with E-state index in [1.807, 2.05) is 0 Å². The molecule has 1 aromatic rings. The van der Waals surface area contributed by atoms with Crippen LogP contribution >= 0.6 is 11.6 Å². The predicted octanol–water partition coefficient (Wildman–Crippen LogP) is 2.07. The normalized spacial score (nSPS) is 13.4. The van der Waals surface area contributed by atoms with Crippen LogP contribution in [0, 0.1) is 5.82 Å². The molecule has 0 radical (unpaired) electrons. The van der Waals surface area contributed by atoms with Crippen LogP contribution in [0.25, 0.3) is 0 Å². The van der Waals surface area contributed by atoms with Crippen LogP contribution in [-0.4, -0.2) is 26.2 Å². The maximum absolute atomic E-state index is 13.7. The smallest absolute Gasteiger partial charge is 0.343 e. The molecular formula is C10H9ClFNO3. The standard InChI is InChI=1S/C10H9ClFNO3/c1-15-10(14)7-8(12)5(11)4-6-9(7)13-2-3-16-6/h4,13H,2-3H2,1H3. The fraction of sp³-hybridized carbons (Fsp3) is 0.300. The van der Waals surface area contributed by atoms with Gasteiger partial charge in [0.15, 0.2) is 5.82 Å². The van der Waals surface area contributed by atoms with Gasteiger partial charge in [-0.2, -0.15) is 0 Å². The van der Waals surface area contributed by atoms with Crippen molar-refractivity contribution in [2.24, 2.45) is 0 Å². The van der Waals surface area contributed by atoms with Crippen LogP contribution in [0.2, 0.25) is 5.02 Å². The lowest BCUT2D eigenvalue weighted by atomic mass is 10.1. The number of nitrogens with one attached hydrogen (secondary N) is 1. The number of hydrogen-bond acceptors (Lipinski definition) is 4. The Kier molecular flexibility index (Phi) is 2.87. The highest BCUT2D eigenvalue weighted by atomic mass is 35.5. The lowest BCUT2D eigenvalue weighted by Gasteiger charge is -2.21. The molecule has 1 aliphatic rings. The lowest BCUT2D eigenvalue weighted by molar-refractivity contribution is 0.0596. The van der Waals surface area contributed by atoms with E-state index < -0.39 is 11.8 Å². The summed E-state index contributed by atoms with van der Waals surface area (Å²) in [6.07, 6.45) is 0. The first kappa shape index (κ1) is 11.0. The Balaban J connectivity index is 2.63. The van der Waals surface area contributed by atoms with Crippen molar-refractivity contribution in [1.29, 1.82) is 0 Å². The van der Waals surface area contributed by atoms with Crippen LogP contribution in [0.1, 0.15) is 10.4 Å². The van der Waals surface area contributed by atoms with E-state index in [9.17, 15) is 9.18 Å². The third kappa shape index (κ3) is 1.67. The van der Waals surface area contributed by atoms with Gasteiger partial charge in [0.1, 0.15) is 17.9 Å². The summed E-state index contributed by atoms with van der Waals surface area (Å²) in [6, 6.07) is 1.34. The second-order valence-corrected chi connectivity index (χ2v) is 3.59. The second-order valence-electron chi connectivity index (χ2n) is 3.19. The zero-order chi connectivity index (χ0) is 11.7. The molecule has 1 aromatic carbocycles. The Morgan fingerprint density at radius 1 is 1.69 bits per heavy atom. The van der Waals surface area contributed by atoms with Crippen LogP contribution in [-0.2, 0) is 4.74 Å². The van der Waals surface area contributed by atoms with Crippen LogP contribution in [0.5, 0.6) is 5.75 Å². The highest BCUT2D eigenvalue weighted by Gasteiger charge is 2.26. The number of benzene rings is 1. The maximum Gasteiger partial charge on any atom is 0.343 e. The van der Waals surface area contributed by atoms with E-state index in [-0.39, 0.29) is 10.6 Å². The highest BCUT2D eigenvalue weighted by molar-refractivity contribution is 6.31. The summed E-state index contributed by atoms with van der Waals surface area (Å²) in [5.74, 6) is -1.22. The third-order valence-electron chi connectivity index (χ3n) is 2.23. The van der Waals surface area contributed by atoms with Gasteiger partial charge in [-0.05, 0) is 0 Å². The van der Waals surface area contributed by atoms with Crippen molar-refractivity contribution in [3.05, 3.63) is 22.5 Å². The summed E-state index contributed by atoms with van der Waals surface area (Å²) in [6.45, 7) is 0.938. The van der Waals surface area contributed by atoms with Crippen LogP contribution in [0.4, 0.5) is 10.1 Å². The van der Waals surface area contributed by atoms with Gasteiger partial charge in [0.05, 0.1) is 17.8 Å². The van der Waals surface area contributed by atoms with Crippen LogP contribution in [0.3, 0.4) is 0 Å². The zero-order valence-corrected chi connectivity index (χ0v) is 9.23. The number of halogens is 2. The molecule has 6 heteroatoms. The van der Waals surface area contributed by atoms with Crippen molar-refractivity contribution in [2.75, 3.05) is 25.6 Å². The molecule has 0 aromatic heterocycles. The number of carbonyl (C=O) groups excluding carboxylic acids is 1. The van der Waals surface area contributed by atoms with Crippen molar-refractivity contribution >= 4 is 23.3 Å². The molecule has 0 aliphatic carbocycles. The third-order valence-corrected chi connectivity index (χ3v) is 2.51. The van der Waals surface area contributed by atoms with Crippen molar-refractivity contribution in [2.45, 2.75) is 0 Å². The largest absolute Gasteiger partial charge is 0.490 e. The number of ether oxygens (including phenoxy) is 2. The van der Waals surface area contributed by atoms with Gasteiger partial charge in [0.25, 0.3) is 0 Å². The molecule has 2 rings (SSSR count). The van der Waals surface area contributed by atoms with Gasteiger partial charge in [-0.3, -0.25) is 0 Å². The van der Waals surface area contributed by atoms with Gasteiger partial charge in [0.2, 0.25) is 0 Å². The van der Waals surface area contributed by atoms with E-state index in [0.29, 0.717) is 24.6 Å². The first-order chi connectivity index (χ1) is 7.65. The quantitative estimate of drug-likeness (QED) is 0.770. The molecule has 4 nitrogen and oxygen atoms in total. The number of fused-ring (bicyclic) bond motifs is 1. The molecule has 0 saturated heterocycles. The van der Waals surface area contributed by atoms with Crippen LogP contribution in [0.15, 0.2) is 6.07 Å². The molecule has 0 fully saturated rings. The first-order valence-corrected chi connectivity index (χ1v) is 5.00. The fourth-order valence-electron chi connectivity index (χ4n) is 1.52. The minimum absolute atomic E-state index is 0.164. The van der Waals surface area contributed by atoms with E-state index in [0.717, 1.165) is 0 Å². The van der Waals surface area contributed by atoms with Gasteiger partial charge in [-0.25, -0.2) is 9.18 Å². The van der Waals surface area contributed by atoms with Crippen molar-refractivity contribution < 1.29 is 18.7 Å². The van der Waals surface area contributed by atoms with Gasteiger partial charge in [0, 0.05) is 12.6 Å². The Morgan fingerprint density at radius 2 is 2.44 bits per heavy atom. The summed E-state index contributed by atoms with van der Waals surface area (Å²) >= 11 is 5.66. The van der Waals surface area contributed by atoms with E-state index in [2.05, 4.69) is 10.1 Å². The minimum Gasteiger partial charge on any atom is -0.490 e. The number of carbonyl (C=O) groups is 1. The average Bonchev–Trinajstić information content (AvgIpc) is 2.30. The molecule has 16 heavy (non-hydrogen) atoms. The van der Waals surface area contributed by atoms with Crippen molar-refractivity contribution in [3.8, 4) is 5.75 Å². The maximum atomic E-state index is 13.7. The Bertz CT molecular complexity index is 450. The lowest BCUT2D eigenvalue weighted by Crippen LogP contribution is -2.22. The SMILES string of the molecule is COC(=O)c1c(F)c(Cl)cc2c1NCCO2. The molecule has 0 bridgehead atoms. The fourth-order valence-corrected chi connectivity index (χ4v) is 1.72. The first-order valence-electron chi connectivity index (χ1n) is 4.62. The second kappa shape index (κ2) is 4.17. The number of methoxy groups -OCH3 is 1. The molecular weight excluding hydrogens is 237 g/mol. The Morgan fingerprint density at radius 3 is 3.12 bits per heavy atom. The molecule has 0 atom stereocenters. The van der Waals surface area contributed by atoms with Gasteiger partial charge >= 0.3 is 5.97 Å². The number of esters is 1. The van der Waals surface area contributed by atoms with E-state index >= 15 is 0 Å². The average molecular weight is 246 g/mol. The Hall–Kier alpha value is -1.49. The summed E-state index contributed by atoms with van der Waals surface area (Å²) in [5.41, 5.74) is 0.0738. The minimum atomic E-state index is -0.801. The zero-order valence-electron chi connectivity index (χ0n) is 8.47. The van der Waals surface area contributed by atoms with E-state index in [1.54, 1.807) is 0 Å². The number of rotatable bonds is 1. The summed E-state index contributed by atoms with van der Waals surface area (Å²) < 4.78 is 23.5. The molecule has 0 spiro atoms. The molecule has 86 valence electrons. The number of hydrogen-bond donors (Lipinski definition) is 1. The summed E-state index contributed by atoms with van der Waals surface area (Å²) in [7, 11) is 1.18. The molecule has 1 heterocycles. The summed E-state index contributed by atoms with van der Waals surface area (Å²) in [4.78, 5) is 11.4. The summed E-state index contributed by atoms with van der Waals surface area (Å²) in [5, 5.41) is 2.73. The van der Waals surface area contributed by atoms with Gasteiger partial charge in [-0.15, -0.1) is 0 Å². The topological polar surface area (TPSA) is 47.6 Å². The van der Waals surface area contributed by atoms with Gasteiger partial charge < -0.3 is 14.8 Å². The predicted molar refractivity (Wildman–Crippen MR) is 56.7 cm³/mol. The molecule has 0 amide bonds. The number of anilines is 1. The van der Waals surface area contributed by atoms with Gasteiger partial charge in [-0.1, -0.05) is 11.6 Å². The molecule has 1 N–H and O–H groups in total. The Labute approximate surface area is 96.3 Å². The van der Waals surface area contributed by atoms with Crippen molar-refractivity contribution in [3.63, 3.8) is 0 Å². The molecule has 0 saturated carbocycles. The van der Waals surface area contributed by atoms with E-state index in [4.69, 9.17) is 16.3 Å².